The summed E-state index contributed by atoms with van der Waals surface area (Å²) in [6.07, 6.45) is 0.0941. The Hall–Kier alpha value is -1.13. The number of hydrogen-bond acceptors (Lipinski definition) is 3. The molecule has 1 rings (SSSR count). The Morgan fingerprint density at radius 3 is 2.69 bits per heavy atom. The van der Waals surface area contributed by atoms with Crippen LogP contribution in [0, 0.1) is 5.82 Å². The molecule has 0 amide bonds. The lowest BCUT2D eigenvalue weighted by atomic mass is 10.1. The molecule has 90 valence electrons. The molecule has 0 saturated carbocycles. The van der Waals surface area contributed by atoms with Crippen molar-refractivity contribution in [2.45, 2.75) is 32.4 Å². The molecule has 1 unspecified atom stereocenters. The molecular formula is C12H18FNO2. The van der Waals surface area contributed by atoms with Crippen molar-refractivity contribution in [2.24, 2.45) is 5.73 Å². The maximum Gasteiger partial charge on any atom is 0.131 e. The van der Waals surface area contributed by atoms with Gasteiger partial charge in [-0.05, 0) is 19.4 Å². The van der Waals surface area contributed by atoms with Crippen LogP contribution in [-0.2, 0) is 0 Å². The van der Waals surface area contributed by atoms with Crippen LogP contribution in [0.2, 0.25) is 0 Å². The molecule has 0 bridgehead atoms. The highest BCUT2D eigenvalue weighted by Gasteiger charge is 2.09. The summed E-state index contributed by atoms with van der Waals surface area (Å²) in [6.45, 7) is 3.75. The van der Waals surface area contributed by atoms with E-state index in [-0.39, 0.29) is 18.5 Å². The van der Waals surface area contributed by atoms with Crippen LogP contribution in [-0.4, -0.2) is 17.8 Å². The molecule has 3 N–H and O–H groups in total. The lowest BCUT2D eigenvalue weighted by Crippen LogP contribution is -2.16. The number of benzene rings is 1. The summed E-state index contributed by atoms with van der Waals surface area (Å²) in [5.41, 5.74) is 6.05. The summed E-state index contributed by atoms with van der Waals surface area (Å²) in [6, 6.07) is 4.22. The molecule has 3 nitrogen and oxygen atoms in total. The van der Waals surface area contributed by atoms with E-state index < -0.39 is 6.10 Å². The van der Waals surface area contributed by atoms with Crippen molar-refractivity contribution in [3.8, 4) is 5.75 Å². The van der Waals surface area contributed by atoms with Gasteiger partial charge >= 0.3 is 0 Å². The van der Waals surface area contributed by atoms with Crippen molar-refractivity contribution in [1.82, 2.24) is 0 Å². The zero-order chi connectivity index (χ0) is 12.1. The normalized spacial score (nSPS) is 14.6. The fraction of sp³-hybridized carbons (Fsp3) is 0.500. The van der Waals surface area contributed by atoms with Gasteiger partial charge in [-0.1, -0.05) is 13.0 Å². The lowest BCUT2D eigenvalue weighted by Gasteiger charge is -2.12. The second kappa shape index (κ2) is 5.82. The number of rotatable bonds is 5. The van der Waals surface area contributed by atoms with Crippen LogP contribution in [0.25, 0.3) is 0 Å². The van der Waals surface area contributed by atoms with Crippen LogP contribution in [0.3, 0.4) is 0 Å². The highest BCUT2D eigenvalue weighted by atomic mass is 19.1. The third kappa shape index (κ3) is 3.47. The van der Waals surface area contributed by atoms with Crippen molar-refractivity contribution in [3.05, 3.63) is 29.6 Å². The van der Waals surface area contributed by atoms with E-state index in [0.29, 0.717) is 17.7 Å². The monoisotopic (exact) mass is 227 g/mol. The second-order valence-corrected chi connectivity index (χ2v) is 3.85. The first-order valence-electron chi connectivity index (χ1n) is 5.40. The van der Waals surface area contributed by atoms with Crippen molar-refractivity contribution in [2.75, 3.05) is 6.61 Å². The van der Waals surface area contributed by atoms with E-state index >= 15 is 0 Å². The zero-order valence-corrected chi connectivity index (χ0v) is 9.61. The van der Waals surface area contributed by atoms with Crippen LogP contribution in [0.15, 0.2) is 18.2 Å². The maximum atomic E-state index is 13.5. The molecule has 0 aliphatic heterocycles. The van der Waals surface area contributed by atoms with Crippen LogP contribution in [0.5, 0.6) is 5.75 Å². The molecule has 0 aromatic heterocycles. The van der Waals surface area contributed by atoms with Crippen molar-refractivity contribution in [1.29, 1.82) is 0 Å². The van der Waals surface area contributed by atoms with Crippen molar-refractivity contribution < 1.29 is 14.2 Å². The van der Waals surface area contributed by atoms with E-state index in [0.717, 1.165) is 0 Å². The summed E-state index contributed by atoms with van der Waals surface area (Å²) in [4.78, 5) is 0. The molecule has 1 aromatic rings. The quantitative estimate of drug-likeness (QED) is 0.808. The minimum Gasteiger partial charge on any atom is -0.491 e. The summed E-state index contributed by atoms with van der Waals surface area (Å²) in [5, 5.41) is 9.29. The van der Waals surface area contributed by atoms with Crippen LogP contribution in [0.4, 0.5) is 4.39 Å². The summed E-state index contributed by atoms with van der Waals surface area (Å²) in [5.74, 6) is 0.0351. The fourth-order valence-electron chi connectivity index (χ4n) is 1.28. The molecule has 0 heterocycles. The Morgan fingerprint density at radius 1 is 1.50 bits per heavy atom. The van der Waals surface area contributed by atoms with Gasteiger partial charge in [0, 0.05) is 17.7 Å². The maximum absolute atomic E-state index is 13.5. The topological polar surface area (TPSA) is 55.5 Å². The molecule has 0 radical (unpaired) electrons. The van der Waals surface area contributed by atoms with Gasteiger partial charge in [-0.15, -0.1) is 0 Å². The van der Waals surface area contributed by atoms with Crippen LogP contribution in [0.1, 0.15) is 31.9 Å². The Bertz CT molecular complexity index is 342. The predicted molar refractivity (Wildman–Crippen MR) is 60.8 cm³/mol. The number of ether oxygens (including phenoxy) is 1. The minimum absolute atomic E-state index is 0.174. The Morgan fingerprint density at radius 2 is 2.19 bits per heavy atom. The summed E-state index contributed by atoms with van der Waals surface area (Å²) in [7, 11) is 0. The highest BCUT2D eigenvalue weighted by Crippen LogP contribution is 2.20. The van der Waals surface area contributed by atoms with Gasteiger partial charge in [0.15, 0.2) is 0 Å². The minimum atomic E-state index is -0.517. The van der Waals surface area contributed by atoms with E-state index in [1.54, 1.807) is 19.1 Å². The molecule has 2 atom stereocenters. The Balaban J connectivity index is 2.66. The first kappa shape index (κ1) is 12.9. The SMILES string of the molecule is CCC(O)COc1ccc([C@H](C)N)c(F)c1. The first-order chi connectivity index (χ1) is 7.54. The van der Waals surface area contributed by atoms with Gasteiger partial charge < -0.3 is 15.6 Å². The van der Waals surface area contributed by atoms with Crippen LogP contribution >= 0.6 is 0 Å². The molecule has 16 heavy (non-hydrogen) atoms. The average Bonchev–Trinajstić information content (AvgIpc) is 2.25. The molecule has 4 heteroatoms. The smallest absolute Gasteiger partial charge is 0.131 e. The third-order valence-electron chi connectivity index (χ3n) is 2.38. The average molecular weight is 227 g/mol. The van der Waals surface area contributed by atoms with E-state index in [9.17, 15) is 9.50 Å². The highest BCUT2D eigenvalue weighted by molar-refractivity contribution is 5.30. The number of halogens is 1. The molecular weight excluding hydrogens is 209 g/mol. The lowest BCUT2D eigenvalue weighted by molar-refractivity contribution is 0.104. The van der Waals surface area contributed by atoms with E-state index in [1.165, 1.54) is 6.07 Å². The first-order valence-corrected chi connectivity index (χ1v) is 5.40. The van der Waals surface area contributed by atoms with E-state index in [2.05, 4.69) is 0 Å². The Kier molecular flexibility index (Phi) is 4.71. The van der Waals surface area contributed by atoms with E-state index in [4.69, 9.17) is 10.5 Å². The van der Waals surface area contributed by atoms with Gasteiger partial charge in [0.1, 0.15) is 18.2 Å². The van der Waals surface area contributed by atoms with E-state index in [1.807, 2.05) is 6.92 Å². The predicted octanol–water partition coefficient (Wildman–Crippen LogP) is 2.00. The van der Waals surface area contributed by atoms with Gasteiger partial charge in [0.2, 0.25) is 0 Å². The summed E-state index contributed by atoms with van der Waals surface area (Å²) < 4.78 is 18.7. The molecule has 0 fully saturated rings. The third-order valence-corrected chi connectivity index (χ3v) is 2.38. The van der Waals surface area contributed by atoms with Crippen LogP contribution < -0.4 is 10.5 Å². The molecule has 0 spiro atoms. The zero-order valence-electron chi connectivity index (χ0n) is 9.61. The number of hydrogen-bond donors (Lipinski definition) is 2. The number of nitrogens with two attached hydrogens (primary N) is 1. The van der Waals surface area contributed by atoms with Crippen molar-refractivity contribution >= 4 is 0 Å². The number of aliphatic hydroxyl groups excluding tert-OH is 1. The molecule has 0 saturated heterocycles. The Labute approximate surface area is 95.0 Å². The standard InChI is InChI=1S/C12H18FNO2/c1-3-9(15)7-16-10-4-5-11(8(2)14)12(13)6-10/h4-6,8-9,15H,3,7,14H2,1-2H3/t8-,9?/m0/s1. The number of aliphatic hydroxyl groups is 1. The van der Waals surface area contributed by atoms with Gasteiger partial charge in [-0.25, -0.2) is 4.39 Å². The molecule has 1 aromatic carbocycles. The largest absolute Gasteiger partial charge is 0.491 e. The molecule has 0 aliphatic rings. The van der Waals surface area contributed by atoms with Gasteiger partial charge in [-0.2, -0.15) is 0 Å². The van der Waals surface area contributed by atoms with Gasteiger partial charge in [0.25, 0.3) is 0 Å². The fourth-order valence-corrected chi connectivity index (χ4v) is 1.28. The van der Waals surface area contributed by atoms with Gasteiger partial charge in [-0.3, -0.25) is 0 Å². The van der Waals surface area contributed by atoms with Gasteiger partial charge in [0.05, 0.1) is 6.10 Å². The summed E-state index contributed by atoms with van der Waals surface area (Å²) >= 11 is 0. The van der Waals surface area contributed by atoms with Crippen molar-refractivity contribution in [3.63, 3.8) is 0 Å². The molecule has 0 aliphatic carbocycles. The second-order valence-electron chi connectivity index (χ2n) is 3.85.